The van der Waals surface area contributed by atoms with Gasteiger partial charge in [-0.2, -0.15) is 0 Å². The molecular weight excluding hydrogens is 336 g/mol. The molecular formula is C19H35BrN2. The third-order valence-electron chi connectivity index (χ3n) is 4.13. The van der Waals surface area contributed by atoms with Crippen molar-refractivity contribution in [1.29, 1.82) is 0 Å². The second-order valence-corrected chi connectivity index (χ2v) is 6.12. The molecule has 0 saturated carbocycles. The van der Waals surface area contributed by atoms with E-state index in [0.717, 1.165) is 12.2 Å². The van der Waals surface area contributed by atoms with Gasteiger partial charge in [0.2, 0.25) is 0 Å². The number of nitrogens with one attached hydrogen (secondary N) is 1. The van der Waals surface area contributed by atoms with Crippen LogP contribution in [0.5, 0.6) is 0 Å². The van der Waals surface area contributed by atoms with Crippen molar-refractivity contribution < 1.29 is 0 Å². The molecule has 1 aromatic heterocycles. The van der Waals surface area contributed by atoms with Gasteiger partial charge in [0.15, 0.2) is 0 Å². The van der Waals surface area contributed by atoms with E-state index in [1.165, 1.54) is 82.7 Å². The Morgan fingerprint density at radius 2 is 1.41 bits per heavy atom. The van der Waals surface area contributed by atoms with Gasteiger partial charge in [-0.15, -0.1) is 17.0 Å². The van der Waals surface area contributed by atoms with Crippen LogP contribution in [-0.2, 0) is 6.42 Å². The first-order valence-electron chi connectivity index (χ1n) is 9.03. The van der Waals surface area contributed by atoms with Gasteiger partial charge in [0.1, 0.15) is 5.82 Å². The lowest BCUT2D eigenvalue weighted by Crippen LogP contribution is -1.87. The number of aromatic nitrogens is 2. The fraction of sp³-hybridized carbons (Fsp3) is 0.737. The first-order chi connectivity index (χ1) is 10.4. The van der Waals surface area contributed by atoms with Crippen LogP contribution in [0.4, 0.5) is 0 Å². The van der Waals surface area contributed by atoms with Crippen molar-refractivity contribution in [2.24, 2.45) is 0 Å². The smallest absolute Gasteiger partial charge is 0.129 e. The van der Waals surface area contributed by atoms with Gasteiger partial charge in [0.05, 0.1) is 5.69 Å². The molecule has 0 aromatic carbocycles. The minimum atomic E-state index is 0. The molecule has 1 rings (SSSR count). The Morgan fingerprint density at radius 3 is 1.86 bits per heavy atom. The van der Waals surface area contributed by atoms with Crippen molar-refractivity contribution in [3.05, 3.63) is 24.3 Å². The molecule has 0 radical (unpaired) electrons. The summed E-state index contributed by atoms with van der Waals surface area (Å²) in [6.45, 7) is 6.00. The topological polar surface area (TPSA) is 28.7 Å². The van der Waals surface area contributed by atoms with Crippen LogP contribution in [0.15, 0.2) is 12.8 Å². The zero-order chi connectivity index (χ0) is 15.2. The molecule has 1 heterocycles. The van der Waals surface area contributed by atoms with Crippen LogP contribution >= 0.6 is 17.0 Å². The quantitative estimate of drug-likeness (QED) is 0.355. The highest BCUT2D eigenvalue weighted by Gasteiger charge is 1.98. The molecule has 22 heavy (non-hydrogen) atoms. The third kappa shape index (κ3) is 11.1. The Morgan fingerprint density at radius 1 is 0.909 bits per heavy atom. The molecule has 0 bridgehead atoms. The lowest BCUT2D eigenvalue weighted by Gasteiger charge is -2.02. The van der Waals surface area contributed by atoms with Crippen LogP contribution in [0.1, 0.15) is 95.5 Å². The highest BCUT2D eigenvalue weighted by atomic mass is 79.9. The molecule has 0 amide bonds. The molecule has 0 unspecified atom stereocenters. The van der Waals surface area contributed by atoms with Crippen LogP contribution in [0.25, 0.3) is 6.08 Å². The standard InChI is InChI=1S/C19H34N2.BrH/c1-3-5-6-7-8-9-10-11-12-13-14-15-16-18-17-20-19(4-2)21-18;/h4,17H,2-3,5-16H2,1H3,(H,20,21);1H. The van der Waals surface area contributed by atoms with Crippen molar-refractivity contribution in [3.8, 4) is 0 Å². The Balaban J connectivity index is 0.00000441. The SMILES string of the molecule is Br.C=Cc1nc(CCCCCCCCCCCCCC)c[nH]1. The number of H-pyrrole nitrogens is 1. The maximum atomic E-state index is 4.44. The molecule has 0 aliphatic heterocycles. The van der Waals surface area contributed by atoms with Crippen LogP contribution < -0.4 is 0 Å². The lowest BCUT2D eigenvalue weighted by atomic mass is 10.0. The first-order valence-corrected chi connectivity index (χ1v) is 9.03. The predicted octanol–water partition coefficient (Wildman–Crippen LogP) is 6.87. The van der Waals surface area contributed by atoms with E-state index in [9.17, 15) is 0 Å². The van der Waals surface area contributed by atoms with Gasteiger partial charge in [0, 0.05) is 6.20 Å². The van der Waals surface area contributed by atoms with Gasteiger partial charge in [-0.1, -0.05) is 84.1 Å². The summed E-state index contributed by atoms with van der Waals surface area (Å²) in [5, 5.41) is 0. The fourth-order valence-electron chi connectivity index (χ4n) is 2.76. The number of aromatic amines is 1. The molecule has 0 saturated heterocycles. The Labute approximate surface area is 148 Å². The molecule has 128 valence electrons. The highest BCUT2D eigenvalue weighted by Crippen LogP contribution is 2.13. The number of imidazole rings is 1. The molecule has 0 fully saturated rings. The fourth-order valence-corrected chi connectivity index (χ4v) is 2.76. The lowest BCUT2D eigenvalue weighted by molar-refractivity contribution is 0.543. The average molecular weight is 371 g/mol. The molecule has 0 spiro atoms. The van der Waals surface area contributed by atoms with E-state index in [2.05, 4.69) is 23.5 Å². The molecule has 0 atom stereocenters. The van der Waals surface area contributed by atoms with E-state index in [0.29, 0.717) is 0 Å². The molecule has 2 nitrogen and oxygen atoms in total. The maximum absolute atomic E-state index is 4.44. The molecule has 3 heteroatoms. The summed E-state index contributed by atoms with van der Waals surface area (Å²) in [5.41, 5.74) is 1.18. The van der Waals surface area contributed by atoms with Crippen LogP contribution in [-0.4, -0.2) is 9.97 Å². The summed E-state index contributed by atoms with van der Waals surface area (Å²) < 4.78 is 0. The third-order valence-corrected chi connectivity index (χ3v) is 4.13. The first kappa shape index (κ1) is 21.4. The van der Waals surface area contributed by atoms with Gasteiger partial charge in [-0.05, 0) is 18.9 Å². The molecule has 0 aliphatic rings. The Hall–Kier alpha value is -0.570. The van der Waals surface area contributed by atoms with Crippen molar-refractivity contribution in [1.82, 2.24) is 9.97 Å². The number of halogens is 1. The molecule has 0 aliphatic carbocycles. The number of unbranched alkanes of at least 4 members (excludes halogenated alkanes) is 11. The number of aryl methyl sites for hydroxylation is 1. The number of rotatable bonds is 14. The number of nitrogens with zero attached hydrogens (tertiary/aromatic N) is 1. The van der Waals surface area contributed by atoms with Crippen LogP contribution in [0.3, 0.4) is 0 Å². The monoisotopic (exact) mass is 370 g/mol. The largest absolute Gasteiger partial charge is 0.345 e. The van der Waals surface area contributed by atoms with E-state index >= 15 is 0 Å². The zero-order valence-electron chi connectivity index (χ0n) is 14.4. The average Bonchev–Trinajstić information content (AvgIpc) is 2.96. The van der Waals surface area contributed by atoms with Crippen molar-refractivity contribution in [2.75, 3.05) is 0 Å². The Bertz CT molecular complexity index is 360. The summed E-state index contributed by atoms with van der Waals surface area (Å²) in [7, 11) is 0. The second kappa shape index (κ2) is 15.3. The van der Waals surface area contributed by atoms with E-state index < -0.39 is 0 Å². The molecule has 1 N–H and O–H groups in total. The van der Waals surface area contributed by atoms with E-state index in [1.807, 2.05) is 6.20 Å². The Kier molecular flexibility index (Phi) is 14.9. The minimum Gasteiger partial charge on any atom is -0.345 e. The van der Waals surface area contributed by atoms with E-state index in [-0.39, 0.29) is 17.0 Å². The second-order valence-electron chi connectivity index (χ2n) is 6.12. The normalized spacial score (nSPS) is 10.4. The minimum absolute atomic E-state index is 0. The van der Waals surface area contributed by atoms with E-state index in [4.69, 9.17) is 0 Å². The van der Waals surface area contributed by atoms with Gasteiger partial charge in [-0.3, -0.25) is 0 Å². The van der Waals surface area contributed by atoms with E-state index in [1.54, 1.807) is 6.08 Å². The van der Waals surface area contributed by atoms with Crippen molar-refractivity contribution in [2.45, 2.75) is 90.4 Å². The van der Waals surface area contributed by atoms with Gasteiger partial charge < -0.3 is 4.98 Å². The predicted molar refractivity (Wildman–Crippen MR) is 104 cm³/mol. The summed E-state index contributed by atoms with van der Waals surface area (Å²) in [6, 6.07) is 0. The highest BCUT2D eigenvalue weighted by molar-refractivity contribution is 8.93. The van der Waals surface area contributed by atoms with Crippen LogP contribution in [0.2, 0.25) is 0 Å². The molecule has 1 aromatic rings. The van der Waals surface area contributed by atoms with Crippen molar-refractivity contribution >= 4 is 23.1 Å². The summed E-state index contributed by atoms with van der Waals surface area (Å²) >= 11 is 0. The zero-order valence-corrected chi connectivity index (χ0v) is 16.1. The van der Waals surface area contributed by atoms with Crippen LogP contribution in [0, 0.1) is 0 Å². The van der Waals surface area contributed by atoms with Gasteiger partial charge in [0.25, 0.3) is 0 Å². The summed E-state index contributed by atoms with van der Waals surface area (Å²) in [5.74, 6) is 0.893. The van der Waals surface area contributed by atoms with Gasteiger partial charge in [-0.25, -0.2) is 4.98 Å². The summed E-state index contributed by atoms with van der Waals surface area (Å²) in [4.78, 5) is 7.56. The number of hydrogen-bond donors (Lipinski definition) is 1. The number of hydrogen-bond acceptors (Lipinski definition) is 1. The summed E-state index contributed by atoms with van der Waals surface area (Å²) in [6.07, 6.45) is 21.7. The van der Waals surface area contributed by atoms with Crippen molar-refractivity contribution in [3.63, 3.8) is 0 Å². The maximum Gasteiger partial charge on any atom is 0.129 e. The van der Waals surface area contributed by atoms with Gasteiger partial charge >= 0.3 is 0 Å².